The van der Waals surface area contributed by atoms with E-state index in [-0.39, 0.29) is 0 Å². The topological polar surface area (TPSA) is 17.4 Å². The molecule has 0 saturated carbocycles. The number of methoxy groups -OCH3 is 1. The number of aromatic nitrogens is 1. The van der Waals surface area contributed by atoms with Crippen LogP contribution in [0.2, 0.25) is 0 Å². The molecule has 0 radical (unpaired) electrons. The molecule has 1 aliphatic heterocycles. The first-order valence-corrected chi connectivity index (χ1v) is 8.16. The number of fused-ring (bicyclic) bond motifs is 3. The van der Waals surface area contributed by atoms with Gasteiger partial charge in [0.15, 0.2) is 0 Å². The molecular weight excluding hydrogens is 284 g/mol. The largest absolute Gasteiger partial charge is 0.497 e. The van der Waals surface area contributed by atoms with Gasteiger partial charge >= 0.3 is 0 Å². The van der Waals surface area contributed by atoms with Gasteiger partial charge in [0.05, 0.1) is 7.11 Å². The first kappa shape index (κ1) is 14.3. The average molecular weight is 306 g/mol. The van der Waals surface area contributed by atoms with Crippen molar-refractivity contribution in [3.63, 3.8) is 0 Å². The zero-order valence-electron chi connectivity index (χ0n) is 13.7. The normalized spacial score (nSPS) is 14.9. The van der Waals surface area contributed by atoms with E-state index in [1.807, 2.05) is 0 Å². The van der Waals surface area contributed by atoms with Gasteiger partial charge in [-0.15, -0.1) is 0 Å². The van der Waals surface area contributed by atoms with Crippen LogP contribution in [0.5, 0.6) is 5.75 Å². The summed E-state index contributed by atoms with van der Waals surface area (Å²) in [5.41, 5.74) is 5.61. The van der Waals surface area contributed by atoms with E-state index < -0.39 is 0 Å². The van der Waals surface area contributed by atoms with E-state index >= 15 is 0 Å². The lowest BCUT2D eigenvalue weighted by Crippen LogP contribution is -2.27. The van der Waals surface area contributed by atoms with Crippen LogP contribution in [0.3, 0.4) is 0 Å². The van der Waals surface area contributed by atoms with E-state index in [0.717, 1.165) is 31.8 Å². The summed E-state index contributed by atoms with van der Waals surface area (Å²) >= 11 is 0. The molecule has 118 valence electrons. The summed E-state index contributed by atoms with van der Waals surface area (Å²) < 4.78 is 7.94. The molecule has 3 aromatic rings. The van der Waals surface area contributed by atoms with Gasteiger partial charge in [0, 0.05) is 42.7 Å². The average Bonchev–Trinajstić information content (AvgIpc) is 2.88. The molecule has 0 N–H and O–H groups in total. The molecule has 0 unspecified atom stereocenters. The van der Waals surface area contributed by atoms with Crippen LogP contribution < -0.4 is 4.74 Å². The molecule has 3 heteroatoms. The number of rotatable bonds is 3. The van der Waals surface area contributed by atoms with Crippen LogP contribution >= 0.6 is 0 Å². The number of hydrogen-bond acceptors (Lipinski definition) is 2. The molecule has 23 heavy (non-hydrogen) atoms. The fourth-order valence-corrected chi connectivity index (χ4v) is 3.64. The predicted molar refractivity (Wildman–Crippen MR) is 94.1 cm³/mol. The SMILES string of the molecule is COc1ccc2c(c1)c1c(n2Cc2ccccc2)CCN(C)C1. The van der Waals surface area contributed by atoms with Crippen molar-refractivity contribution >= 4 is 10.9 Å². The van der Waals surface area contributed by atoms with Crippen molar-refractivity contribution in [1.29, 1.82) is 0 Å². The molecule has 0 bridgehead atoms. The fourth-order valence-electron chi connectivity index (χ4n) is 3.64. The molecule has 0 atom stereocenters. The summed E-state index contributed by atoms with van der Waals surface area (Å²) in [6.07, 6.45) is 1.11. The molecule has 1 aromatic heterocycles. The number of benzene rings is 2. The molecule has 0 spiro atoms. The first-order valence-electron chi connectivity index (χ1n) is 8.16. The van der Waals surface area contributed by atoms with Crippen molar-refractivity contribution in [2.24, 2.45) is 0 Å². The van der Waals surface area contributed by atoms with Crippen molar-refractivity contribution in [3.8, 4) is 5.75 Å². The van der Waals surface area contributed by atoms with Gasteiger partial charge < -0.3 is 14.2 Å². The van der Waals surface area contributed by atoms with E-state index in [1.165, 1.54) is 27.7 Å². The van der Waals surface area contributed by atoms with Crippen LogP contribution in [-0.2, 0) is 19.5 Å². The first-order chi connectivity index (χ1) is 11.3. The summed E-state index contributed by atoms with van der Waals surface area (Å²) in [4.78, 5) is 2.40. The minimum absolute atomic E-state index is 0.933. The zero-order valence-corrected chi connectivity index (χ0v) is 13.7. The number of hydrogen-bond donors (Lipinski definition) is 0. The molecular formula is C20H22N2O. The summed E-state index contributed by atoms with van der Waals surface area (Å²) in [7, 11) is 3.93. The van der Waals surface area contributed by atoms with E-state index in [4.69, 9.17) is 4.74 Å². The second-order valence-electron chi connectivity index (χ2n) is 6.37. The Labute approximate surface area is 137 Å². The Morgan fingerprint density at radius 1 is 1.09 bits per heavy atom. The van der Waals surface area contributed by atoms with Crippen LogP contribution in [0.4, 0.5) is 0 Å². The second kappa shape index (κ2) is 5.74. The maximum absolute atomic E-state index is 5.44. The Morgan fingerprint density at radius 2 is 1.91 bits per heavy atom. The lowest BCUT2D eigenvalue weighted by molar-refractivity contribution is 0.310. The van der Waals surface area contributed by atoms with Gasteiger partial charge in [-0.2, -0.15) is 0 Å². The van der Waals surface area contributed by atoms with E-state index in [0.29, 0.717) is 0 Å². The van der Waals surface area contributed by atoms with Crippen LogP contribution in [0, 0.1) is 0 Å². The highest BCUT2D eigenvalue weighted by Gasteiger charge is 2.22. The molecule has 1 aliphatic rings. The van der Waals surface area contributed by atoms with Gasteiger partial charge in [0.25, 0.3) is 0 Å². The standard InChI is InChI=1S/C20H22N2O/c1-21-11-10-20-18(14-21)17-12-16(23-2)8-9-19(17)22(20)13-15-6-4-3-5-7-15/h3-9,12H,10-11,13-14H2,1-2H3. The van der Waals surface area contributed by atoms with Crippen molar-refractivity contribution in [1.82, 2.24) is 9.47 Å². The lowest BCUT2D eigenvalue weighted by Gasteiger charge is -2.24. The Balaban J connectivity index is 1.89. The number of ether oxygens (including phenoxy) is 1. The Morgan fingerprint density at radius 3 is 2.70 bits per heavy atom. The zero-order chi connectivity index (χ0) is 15.8. The van der Waals surface area contributed by atoms with Crippen LogP contribution in [0.1, 0.15) is 16.8 Å². The van der Waals surface area contributed by atoms with Crippen LogP contribution in [0.25, 0.3) is 10.9 Å². The molecule has 0 saturated heterocycles. The highest BCUT2D eigenvalue weighted by atomic mass is 16.5. The van der Waals surface area contributed by atoms with Crippen molar-refractivity contribution in [2.45, 2.75) is 19.5 Å². The fraction of sp³-hybridized carbons (Fsp3) is 0.300. The summed E-state index contributed by atoms with van der Waals surface area (Å²) in [6.45, 7) is 3.07. The molecule has 0 fully saturated rings. The highest BCUT2D eigenvalue weighted by Crippen LogP contribution is 2.33. The van der Waals surface area contributed by atoms with Gasteiger partial charge in [-0.3, -0.25) is 0 Å². The maximum Gasteiger partial charge on any atom is 0.119 e. The Hall–Kier alpha value is -2.26. The highest BCUT2D eigenvalue weighted by molar-refractivity contribution is 5.87. The monoisotopic (exact) mass is 306 g/mol. The van der Waals surface area contributed by atoms with E-state index in [2.05, 4.69) is 65.0 Å². The molecule has 2 aromatic carbocycles. The molecule has 0 amide bonds. The molecule has 0 aliphatic carbocycles. The third-order valence-electron chi connectivity index (χ3n) is 4.84. The third kappa shape index (κ3) is 2.51. The Bertz CT molecular complexity index is 836. The van der Waals surface area contributed by atoms with Gasteiger partial charge in [0.1, 0.15) is 5.75 Å². The smallest absolute Gasteiger partial charge is 0.119 e. The van der Waals surface area contributed by atoms with Gasteiger partial charge in [-0.25, -0.2) is 0 Å². The van der Waals surface area contributed by atoms with Gasteiger partial charge in [0.2, 0.25) is 0 Å². The molecule has 4 rings (SSSR count). The summed E-state index contributed by atoms with van der Waals surface area (Å²) in [5.74, 6) is 0.936. The summed E-state index contributed by atoms with van der Waals surface area (Å²) in [5, 5.41) is 1.34. The van der Waals surface area contributed by atoms with Gasteiger partial charge in [-0.05, 0) is 36.4 Å². The van der Waals surface area contributed by atoms with E-state index in [9.17, 15) is 0 Å². The Kier molecular flexibility index (Phi) is 3.58. The van der Waals surface area contributed by atoms with Gasteiger partial charge in [-0.1, -0.05) is 30.3 Å². The predicted octanol–water partition coefficient (Wildman–Crippen LogP) is 3.69. The second-order valence-corrected chi connectivity index (χ2v) is 6.37. The number of likely N-dealkylation sites (N-methyl/N-ethyl adjacent to an activating group) is 1. The summed E-state index contributed by atoms with van der Waals surface area (Å²) in [6, 6.07) is 17.2. The van der Waals surface area contributed by atoms with Crippen molar-refractivity contribution < 1.29 is 4.74 Å². The van der Waals surface area contributed by atoms with E-state index in [1.54, 1.807) is 7.11 Å². The minimum Gasteiger partial charge on any atom is -0.497 e. The molecule has 3 nitrogen and oxygen atoms in total. The number of nitrogens with zero attached hydrogens (tertiary/aromatic N) is 2. The van der Waals surface area contributed by atoms with Crippen LogP contribution in [-0.4, -0.2) is 30.2 Å². The minimum atomic E-state index is 0.933. The molecule has 2 heterocycles. The quantitative estimate of drug-likeness (QED) is 0.734. The van der Waals surface area contributed by atoms with Crippen LogP contribution in [0.15, 0.2) is 48.5 Å². The van der Waals surface area contributed by atoms with Crippen molar-refractivity contribution in [2.75, 3.05) is 20.7 Å². The van der Waals surface area contributed by atoms with Crippen molar-refractivity contribution in [3.05, 3.63) is 65.4 Å². The third-order valence-corrected chi connectivity index (χ3v) is 4.84. The maximum atomic E-state index is 5.44. The lowest BCUT2D eigenvalue weighted by atomic mass is 10.0.